The standard InChI is InChI=1S/C16H24F2N2O4S2/c1-25(21,22)19-10-9-14-4-2-3-11-20(14)12-13-5-7-15(8-6-13)26(23,24)16(17)18/h5-8,14,16,19H,2-4,9-12H2,1H3. The fourth-order valence-electron chi connectivity index (χ4n) is 3.13. The first-order valence-corrected chi connectivity index (χ1v) is 11.8. The molecular weight excluding hydrogens is 386 g/mol. The molecule has 0 aromatic heterocycles. The summed E-state index contributed by atoms with van der Waals surface area (Å²) in [6, 6.07) is 5.75. The third-order valence-corrected chi connectivity index (χ3v) is 6.59. The maximum atomic E-state index is 12.6. The van der Waals surface area contributed by atoms with Crippen molar-refractivity contribution in [1.29, 1.82) is 0 Å². The molecule has 26 heavy (non-hydrogen) atoms. The number of likely N-dealkylation sites (tertiary alicyclic amines) is 1. The topological polar surface area (TPSA) is 83.6 Å². The van der Waals surface area contributed by atoms with Crippen LogP contribution in [0.2, 0.25) is 0 Å². The zero-order valence-electron chi connectivity index (χ0n) is 14.6. The Morgan fingerprint density at radius 1 is 1.15 bits per heavy atom. The summed E-state index contributed by atoms with van der Waals surface area (Å²) < 4.78 is 73.0. The average molecular weight is 411 g/mol. The van der Waals surface area contributed by atoms with Gasteiger partial charge in [0.1, 0.15) is 0 Å². The minimum atomic E-state index is -4.58. The number of benzene rings is 1. The fourth-order valence-corrected chi connectivity index (χ4v) is 4.34. The summed E-state index contributed by atoms with van der Waals surface area (Å²) >= 11 is 0. The normalized spacial score (nSPS) is 19.8. The highest BCUT2D eigenvalue weighted by atomic mass is 32.2. The molecule has 0 spiro atoms. The Hall–Kier alpha value is -1.10. The summed E-state index contributed by atoms with van der Waals surface area (Å²) in [7, 11) is -7.79. The van der Waals surface area contributed by atoms with Crippen molar-refractivity contribution in [2.45, 2.75) is 48.9 Å². The highest BCUT2D eigenvalue weighted by Crippen LogP contribution is 2.23. The molecule has 0 bridgehead atoms. The third kappa shape index (κ3) is 5.97. The predicted octanol–water partition coefficient (Wildman–Crippen LogP) is 1.98. The van der Waals surface area contributed by atoms with Crippen molar-refractivity contribution in [2.75, 3.05) is 19.3 Å². The third-order valence-electron chi connectivity index (χ3n) is 4.46. The first-order chi connectivity index (χ1) is 12.1. The van der Waals surface area contributed by atoms with E-state index in [-0.39, 0.29) is 10.9 Å². The first-order valence-electron chi connectivity index (χ1n) is 8.39. The van der Waals surface area contributed by atoms with Gasteiger partial charge in [0.2, 0.25) is 19.9 Å². The number of alkyl halides is 2. The largest absolute Gasteiger partial charge is 0.341 e. The van der Waals surface area contributed by atoms with Crippen LogP contribution >= 0.6 is 0 Å². The van der Waals surface area contributed by atoms with E-state index in [1.165, 1.54) is 12.1 Å². The number of halogens is 2. The van der Waals surface area contributed by atoms with Gasteiger partial charge in [-0.15, -0.1) is 0 Å². The van der Waals surface area contributed by atoms with Crippen LogP contribution in [0.4, 0.5) is 8.78 Å². The predicted molar refractivity (Wildman–Crippen MR) is 95.1 cm³/mol. The molecule has 1 N–H and O–H groups in total. The van der Waals surface area contributed by atoms with Crippen LogP contribution < -0.4 is 4.72 Å². The summed E-state index contributed by atoms with van der Waals surface area (Å²) in [6.45, 7) is 1.80. The molecular formula is C16H24F2N2O4S2. The minimum absolute atomic E-state index is 0.225. The number of sulfonamides is 1. The number of piperidine rings is 1. The molecule has 1 heterocycles. The molecule has 1 aliphatic heterocycles. The molecule has 0 amide bonds. The van der Waals surface area contributed by atoms with E-state index in [9.17, 15) is 25.6 Å². The molecule has 1 atom stereocenters. The van der Waals surface area contributed by atoms with Gasteiger partial charge in [-0.3, -0.25) is 4.90 Å². The smallest absolute Gasteiger partial charge is 0.296 e. The molecule has 1 unspecified atom stereocenters. The van der Waals surface area contributed by atoms with Crippen molar-refractivity contribution >= 4 is 19.9 Å². The molecule has 1 fully saturated rings. The molecule has 1 saturated heterocycles. The Kier molecular flexibility index (Phi) is 7.12. The molecule has 1 aromatic carbocycles. The second kappa shape index (κ2) is 8.73. The number of hydrogen-bond acceptors (Lipinski definition) is 5. The number of hydrogen-bond donors (Lipinski definition) is 1. The van der Waals surface area contributed by atoms with Crippen LogP contribution in [0.15, 0.2) is 29.2 Å². The van der Waals surface area contributed by atoms with E-state index in [1.54, 1.807) is 12.1 Å². The van der Waals surface area contributed by atoms with Gasteiger partial charge in [-0.25, -0.2) is 21.6 Å². The molecule has 148 valence electrons. The lowest BCUT2D eigenvalue weighted by Gasteiger charge is -2.36. The molecule has 0 aliphatic carbocycles. The van der Waals surface area contributed by atoms with E-state index in [0.717, 1.165) is 37.6 Å². The summed E-state index contributed by atoms with van der Waals surface area (Å²) in [5.41, 5.74) is 0.834. The van der Waals surface area contributed by atoms with E-state index >= 15 is 0 Å². The SMILES string of the molecule is CS(=O)(=O)NCCC1CCCCN1Cc1ccc(S(=O)(=O)C(F)F)cc1. The average Bonchev–Trinajstić information content (AvgIpc) is 2.55. The number of rotatable bonds is 8. The van der Waals surface area contributed by atoms with Gasteiger partial charge in [-0.2, -0.15) is 8.78 Å². The van der Waals surface area contributed by atoms with E-state index < -0.39 is 25.6 Å². The number of sulfone groups is 1. The van der Waals surface area contributed by atoms with Crippen LogP contribution in [-0.2, 0) is 26.4 Å². The van der Waals surface area contributed by atoms with E-state index in [4.69, 9.17) is 0 Å². The van der Waals surface area contributed by atoms with Gasteiger partial charge in [0.15, 0.2) is 0 Å². The van der Waals surface area contributed by atoms with Gasteiger partial charge in [-0.05, 0) is 43.5 Å². The number of nitrogens with zero attached hydrogens (tertiary/aromatic N) is 1. The Balaban J connectivity index is 2.01. The zero-order valence-corrected chi connectivity index (χ0v) is 16.2. The van der Waals surface area contributed by atoms with Crippen molar-refractivity contribution in [3.8, 4) is 0 Å². The van der Waals surface area contributed by atoms with Crippen molar-refractivity contribution in [3.63, 3.8) is 0 Å². The molecule has 10 heteroatoms. The molecule has 2 rings (SSSR count). The van der Waals surface area contributed by atoms with Gasteiger partial charge >= 0.3 is 5.76 Å². The second-order valence-corrected chi connectivity index (χ2v) is 10.3. The highest BCUT2D eigenvalue weighted by Gasteiger charge is 2.27. The summed E-state index contributed by atoms with van der Waals surface area (Å²) in [5, 5.41) is 0. The first kappa shape index (κ1) is 21.2. The summed E-state index contributed by atoms with van der Waals surface area (Å²) in [5.74, 6) is -3.43. The molecule has 1 aromatic rings. The molecule has 6 nitrogen and oxygen atoms in total. The van der Waals surface area contributed by atoms with Gasteiger partial charge in [0, 0.05) is 19.1 Å². The van der Waals surface area contributed by atoms with Crippen LogP contribution in [0.5, 0.6) is 0 Å². The summed E-state index contributed by atoms with van der Waals surface area (Å²) in [6.07, 6.45) is 4.88. The van der Waals surface area contributed by atoms with Crippen LogP contribution in [0.25, 0.3) is 0 Å². The second-order valence-electron chi connectivity index (χ2n) is 6.52. The monoisotopic (exact) mass is 410 g/mol. The van der Waals surface area contributed by atoms with Crippen LogP contribution in [0.3, 0.4) is 0 Å². The van der Waals surface area contributed by atoms with Crippen molar-refractivity contribution in [2.24, 2.45) is 0 Å². The lowest BCUT2D eigenvalue weighted by atomic mass is 9.98. The molecule has 1 aliphatic rings. The molecule has 0 saturated carbocycles. The van der Waals surface area contributed by atoms with E-state index in [1.807, 2.05) is 0 Å². The van der Waals surface area contributed by atoms with Crippen LogP contribution in [0, 0.1) is 0 Å². The van der Waals surface area contributed by atoms with Crippen molar-refractivity contribution < 1.29 is 25.6 Å². The maximum absolute atomic E-state index is 12.6. The Morgan fingerprint density at radius 3 is 2.38 bits per heavy atom. The fraction of sp³-hybridized carbons (Fsp3) is 0.625. The van der Waals surface area contributed by atoms with Gasteiger partial charge in [0.05, 0.1) is 11.2 Å². The van der Waals surface area contributed by atoms with Crippen LogP contribution in [-0.4, -0.2) is 52.9 Å². The maximum Gasteiger partial charge on any atom is 0.341 e. The Bertz CT molecular complexity index is 796. The van der Waals surface area contributed by atoms with E-state index in [0.29, 0.717) is 19.5 Å². The van der Waals surface area contributed by atoms with Gasteiger partial charge in [0.25, 0.3) is 0 Å². The quantitative estimate of drug-likeness (QED) is 0.709. The van der Waals surface area contributed by atoms with Crippen molar-refractivity contribution in [1.82, 2.24) is 9.62 Å². The molecule has 0 radical (unpaired) electrons. The Labute approximate surface area is 153 Å². The minimum Gasteiger partial charge on any atom is -0.296 e. The highest BCUT2D eigenvalue weighted by molar-refractivity contribution is 7.91. The zero-order chi connectivity index (χ0) is 19.4. The van der Waals surface area contributed by atoms with Crippen LogP contribution in [0.1, 0.15) is 31.2 Å². The van der Waals surface area contributed by atoms with E-state index in [2.05, 4.69) is 9.62 Å². The number of nitrogens with one attached hydrogen (secondary N) is 1. The lowest BCUT2D eigenvalue weighted by molar-refractivity contribution is 0.133. The Morgan fingerprint density at radius 2 is 1.81 bits per heavy atom. The summed E-state index contributed by atoms with van der Waals surface area (Å²) in [4.78, 5) is 1.84. The van der Waals surface area contributed by atoms with Gasteiger partial charge in [-0.1, -0.05) is 18.6 Å². The van der Waals surface area contributed by atoms with Crippen molar-refractivity contribution in [3.05, 3.63) is 29.8 Å². The lowest BCUT2D eigenvalue weighted by Crippen LogP contribution is -2.41. The van der Waals surface area contributed by atoms with Gasteiger partial charge < -0.3 is 0 Å².